The third-order valence-corrected chi connectivity index (χ3v) is 5.01. The molecule has 0 spiro atoms. The summed E-state index contributed by atoms with van der Waals surface area (Å²) in [5, 5.41) is 10.2. The van der Waals surface area contributed by atoms with E-state index in [-0.39, 0.29) is 17.6 Å². The van der Waals surface area contributed by atoms with Crippen LogP contribution in [0, 0.1) is 5.92 Å². The minimum Gasteiger partial charge on any atom is -0.391 e. The van der Waals surface area contributed by atoms with Crippen molar-refractivity contribution >= 4 is 22.8 Å². The molecule has 0 amide bonds. The zero-order chi connectivity index (χ0) is 15.7. The number of likely N-dealkylation sites (tertiary alicyclic amines) is 1. The number of β-amino-alcohol motifs (C(OH)–C–C–N with tert-alkyl or cyclic N) is 1. The second-order valence-corrected chi connectivity index (χ2v) is 6.93. The fourth-order valence-corrected chi connectivity index (χ4v) is 3.79. The summed E-state index contributed by atoms with van der Waals surface area (Å²) in [5.41, 5.74) is 2.01. The molecule has 0 aromatic carbocycles. The number of thioether (sulfide) groups is 1. The number of rotatable bonds is 5. The number of H-pyrrole nitrogens is 2. The molecule has 1 aliphatic heterocycles. The Labute approximate surface area is 132 Å². The third kappa shape index (κ3) is 2.84. The van der Waals surface area contributed by atoms with Crippen LogP contribution in [0.15, 0.2) is 28.8 Å². The van der Waals surface area contributed by atoms with Crippen molar-refractivity contribution in [3.05, 3.63) is 39.9 Å². The highest BCUT2D eigenvalue weighted by atomic mass is 32.2. The third-order valence-electron chi connectivity index (χ3n) is 4.05. The minimum absolute atomic E-state index is 0.103. The molecule has 3 N–H and O–H groups in total. The zero-order valence-corrected chi connectivity index (χ0v) is 13.3. The molecule has 2 aromatic rings. The average molecular weight is 320 g/mol. The summed E-state index contributed by atoms with van der Waals surface area (Å²) in [4.78, 5) is 24.7. The van der Waals surface area contributed by atoms with Gasteiger partial charge in [0.2, 0.25) is 0 Å². The van der Waals surface area contributed by atoms with Gasteiger partial charge in [0.1, 0.15) is 5.52 Å². The maximum Gasteiger partial charge on any atom is 0.275 e. The van der Waals surface area contributed by atoms with Gasteiger partial charge in [0.25, 0.3) is 5.56 Å². The number of nitrogens with zero attached hydrogens (tertiary/aromatic N) is 2. The average Bonchev–Trinajstić information content (AvgIpc) is 3.05. The van der Waals surface area contributed by atoms with E-state index in [1.54, 1.807) is 11.8 Å². The first-order chi connectivity index (χ1) is 10.6. The molecular formula is C15H20N4O2S. The van der Waals surface area contributed by atoms with Crippen molar-refractivity contribution < 1.29 is 5.11 Å². The van der Waals surface area contributed by atoms with E-state index < -0.39 is 0 Å². The Balaban J connectivity index is 1.75. The molecular weight excluding hydrogens is 300 g/mol. The van der Waals surface area contributed by atoms with Crippen molar-refractivity contribution in [2.45, 2.75) is 19.6 Å². The Morgan fingerprint density at radius 3 is 3.14 bits per heavy atom. The van der Waals surface area contributed by atoms with Crippen LogP contribution in [0.2, 0.25) is 0 Å². The lowest BCUT2D eigenvalue weighted by atomic mass is 10.1. The molecule has 0 radical (unpaired) electrons. The SMILES string of the molecule is C=C(SCC)[C@@H]1CN(Cc2c[nH]c3c(=O)[nH]cnc23)C[C@H]1O. The number of hydrogen-bond donors (Lipinski definition) is 3. The maximum atomic E-state index is 11.7. The smallest absolute Gasteiger partial charge is 0.275 e. The lowest BCUT2D eigenvalue weighted by Gasteiger charge is -2.16. The monoisotopic (exact) mass is 320 g/mol. The lowest BCUT2D eigenvalue weighted by molar-refractivity contribution is 0.155. The largest absolute Gasteiger partial charge is 0.391 e. The van der Waals surface area contributed by atoms with E-state index in [1.165, 1.54) is 6.33 Å². The van der Waals surface area contributed by atoms with Gasteiger partial charge in [0, 0.05) is 37.3 Å². The van der Waals surface area contributed by atoms with E-state index >= 15 is 0 Å². The number of aromatic nitrogens is 3. The van der Waals surface area contributed by atoms with Crippen molar-refractivity contribution in [2.75, 3.05) is 18.8 Å². The van der Waals surface area contributed by atoms with Crippen molar-refractivity contribution in [3.63, 3.8) is 0 Å². The van der Waals surface area contributed by atoms with Crippen LogP contribution in [-0.2, 0) is 6.54 Å². The van der Waals surface area contributed by atoms with Gasteiger partial charge in [0.15, 0.2) is 0 Å². The molecule has 2 aromatic heterocycles. The molecule has 0 unspecified atom stereocenters. The van der Waals surface area contributed by atoms with Gasteiger partial charge >= 0.3 is 0 Å². The summed E-state index contributed by atoms with van der Waals surface area (Å²) in [7, 11) is 0. The van der Waals surface area contributed by atoms with Crippen molar-refractivity contribution in [3.8, 4) is 0 Å². The number of fused-ring (bicyclic) bond motifs is 1. The first-order valence-corrected chi connectivity index (χ1v) is 8.34. The topological polar surface area (TPSA) is 85.0 Å². The Kier molecular flexibility index (Phi) is 4.37. The minimum atomic E-state index is -0.381. The summed E-state index contributed by atoms with van der Waals surface area (Å²) < 4.78 is 0. The van der Waals surface area contributed by atoms with E-state index in [9.17, 15) is 9.90 Å². The van der Waals surface area contributed by atoms with Gasteiger partial charge in [0.05, 0.1) is 17.9 Å². The quantitative estimate of drug-likeness (QED) is 0.773. The summed E-state index contributed by atoms with van der Waals surface area (Å²) in [6.07, 6.45) is 2.86. The van der Waals surface area contributed by atoms with Gasteiger partial charge in [-0.05, 0) is 10.7 Å². The number of aromatic amines is 2. The normalized spacial score (nSPS) is 22.5. The van der Waals surface area contributed by atoms with Gasteiger partial charge in [-0.25, -0.2) is 4.98 Å². The highest BCUT2D eigenvalue weighted by Gasteiger charge is 2.33. The standard InChI is InChI=1S/C15H20N4O2S/c1-3-22-9(2)11-6-19(7-12(11)20)5-10-4-16-14-13(10)17-8-18-15(14)21/h4,8,11-12,16,20H,2-3,5-7H2,1H3,(H,17,18,21)/t11-,12+/m0/s1. The van der Waals surface area contributed by atoms with Gasteiger partial charge in [-0.1, -0.05) is 13.5 Å². The number of aliphatic hydroxyl groups is 1. The van der Waals surface area contributed by atoms with E-state index in [0.29, 0.717) is 24.1 Å². The first kappa shape index (κ1) is 15.3. The number of aliphatic hydroxyl groups excluding tert-OH is 1. The van der Waals surface area contributed by atoms with Crippen LogP contribution >= 0.6 is 11.8 Å². The predicted octanol–water partition coefficient (Wildman–Crippen LogP) is 1.31. The Bertz CT molecular complexity index is 738. The zero-order valence-electron chi connectivity index (χ0n) is 12.5. The molecule has 2 atom stereocenters. The van der Waals surface area contributed by atoms with Crippen LogP contribution in [0.3, 0.4) is 0 Å². The molecule has 118 valence electrons. The summed E-state index contributed by atoms with van der Waals surface area (Å²) in [6, 6.07) is 0. The lowest BCUT2D eigenvalue weighted by Crippen LogP contribution is -2.21. The Morgan fingerprint density at radius 1 is 1.55 bits per heavy atom. The van der Waals surface area contributed by atoms with E-state index in [1.807, 2.05) is 6.20 Å². The molecule has 3 rings (SSSR count). The van der Waals surface area contributed by atoms with Crippen LogP contribution in [-0.4, -0.2) is 49.9 Å². The fourth-order valence-electron chi connectivity index (χ4n) is 2.97. The van der Waals surface area contributed by atoms with Crippen LogP contribution in [0.1, 0.15) is 12.5 Å². The summed E-state index contributed by atoms with van der Waals surface area (Å²) in [5.74, 6) is 1.07. The van der Waals surface area contributed by atoms with E-state index in [0.717, 1.165) is 22.8 Å². The van der Waals surface area contributed by atoms with Crippen molar-refractivity contribution in [1.82, 2.24) is 19.9 Å². The van der Waals surface area contributed by atoms with Crippen LogP contribution < -0.4 is 5.56 Å². The van der Waals surface area contributed by atoms with Gasteiger partial charge in [-0.15, -0.1) is 11.8 Å². The summed E-state index contributed by atoms with van der Waals surface area (Å²) >= 11 is 1.70. The van der Waals surface area contributed by atoms with Crippen LogP contribution in [0.5, 0.6) is 0 Å². The first-order valence-electron chi connectivity index (χ1n) is 7.35. The molecule has 3 heterocycles. The highest BCUT2D eigenvalue weighted by Crippen LogP contribution is 2.31. The van der Waals surface area contributed by atoms with Crippen LogP contribution in [0.25, 0.3) is 11.0 Å². The Morgan fingerprint density at radius 2 is 2.36 bits per heavy atom. The number of hydrogen-bond acceptors (Lipinski definition) is 5. The Hall–Kier alpha value is -1.57. The number of nitrogens with one attached hydrogen (secondary N) is 2. The molecule has 1 fully saturated rings. The second kappa shape index (κ2) is 6.28. The molecule has 22 heavy (non-hydrogen) atoms. The van der Waals surface area contributed by atoms with E-state index in [4.69, 9.17) is 0 Å². The van der Waals surface area contributed by atoms with Crippen LogP contribution in [0.4, 0.5) is 0 Å². The molecule has 0 saturated carbocycles. The van der Waals surface area contributed by atoms with Gasteiger partial charge in [-0.3, -0.25) is 9.69 Å². The second-order valence-electron chi connectivity index (χ2n) is 5.54. The molecule has 7 heteroatoms. The molecule has 6 nitrogen and oxygen atoms in total. The van der Waals surface area contributed by atoms with Crippen molar-refractivity contribution in [1.29, 1.82) is 0 Å². The molecule has 1 aliphatic rings. The molecule has 0 bridgehead atoms. The maximum absolute atomic E-state index is 11.7. The molecule has 0 aliphatic carbocycles. The fraction of sp³-hybridized carbons (Fsp3) is 0.467. The highest BCUT2D eigenvalue weighted by molar-refractivity contribution is 8.03. The van der Waals surface area contributed by atoms with Crippen molar-refractivity contribution in [2.24, 2.45) is 5.92 Å². The molecule has 1 saturated heterocycles. The van der Waals surface area contributed by atoms with Gasteiger partial charge in [-0.2, -0.15) is 0 Å². The van der Waals surface area contributed by atoms with E-state index in [2.05, 4.69) is 33.4 Å². The predicted molar refractivity (Wildman–Crippen MR) is 88.8 cm³/mol. The summed E-state index contributed by atoms with van der Waals surface area (Å²) in [6.45, 7) is 8.23. The van der Waals surface area contributed by atoms with Gasteiger partial charge < -0.3 is 15.1 Å².